The Kier molecular flexibility index (Phi) is 5.12. The van der Waals surface area contributed by atoms with E-state index in [1.54, 1.807) is 37.5 Å². The summed E-state index contributed by atoms with van der Waals surface area (Å²) in [7, 11) is 1.69. The molecule has 0 radical (unpaired) electrons. The van der Waals surface area contributed by atoms with Crippen LogP contribution in [0, 0.1) is 6.92 Å². The Bertz CT molecular complexity index is 765. The Labute approximate surface area is 148 Å². The van der Waals surface area contributed by atoms with Crippen molar-refractivity contribution in [3.8, 4) is 0 Å². The predicted molar refractivity (Wildman–Crippen MR) is 97.9 cm³/mol. The zero-order valence-electron chi connectivity index (χ0n) is 14.7. The van der Waals surface area contributed by atoms with Crippen LogP contribution in [0.4, 0.5) is 5.82 Å². The van der Waals surface area contributed by atoms with Crippen LogP contribution < -0.4 is 4.90 Å². The second-order valence-corrected chi connectivity index (χ2v) is 6.49. The summed E-state index contributed by atoms with van der Waals surface area (Å²) in [5.74, 6) is 0.415. The van der Waals surface area contributed by atoms with Gasteiger partial charge in [-0.15, -0.1) is 0 Å². The maximum Gasteiger partial charge on any atom is 0.259 e. The molecule has 0 atom stereocenters. The molecule has 130 valence electrons. The summed E-state index contributed by atoms with van der Waals surface area (Å²) in [6, 6.07) is 10.7. The van der Waals surface area contributed by atoms with Gasteiger partial charge < -0.3 is 4.90 Å². The van der Waals surface area contributed by atoms with Crippen molar-refractivity contribution in [2.24, 2.45) is 0 Å². The van der Waals surface area contributed by atoms with Crippen LogP contribution in [0.1, 0.15) is 45.5 Å². The van der Waals surface area contributed by atoms with Crippen molar-refractivity contribution in [2.45, 2.75) is 26.2 Å². The zero-order chi connectivity index (χ0) is 17.8. The smallest absolute Gasteiger partial charge is 0.259 e. The summed E-state index contributed by atoms with van der Waals surface area (Å²) < 4.78 is 0. The number of rotatable bonds is 3. The Hall–Kier alpha value is -2.69. The molecule has 2 aromatic rings. The summed E-state index contributed by atoms with van der Waals surface area (Å²) in [4.78, 5) is 33.0. The van der Waals surface area contributed by atoms with Crippen molar-refractivity contribution in [1.29, 1.82) is 0 Å². The lowest BCUT2D eigenvalue weighted by atomic mass is 10.1. The second-order valence-electron chi connectivity index (χ2n) is 6.49. The van der Waals surface area contributed by atoms with Gasteiger partial charge in [0.2, 0.25) is 0 Å². The van der Waals surface area contributed by atoms with Gasteiger partial charge in [-0.05, 0) is 56.0 Å². The first-order chi connectivity index (χ1) is 12.1. The third kappa shape index (κ3) is 3.87. The molecule has 3 rings (SSSR count). The maximum absolute atomic E-state index is 12.7. The first-order valence-electron chi connectivity index (χ1n) is 8.66. The van der Waals surface area contributed by atoms with E-state index in [-0.39, 0.29) is 11.8 Å². The Balaban J connectivity index is 1.79. The number of carbonyl (C=O) groups excluding carboxylic acids is 2. The summed E-state index contributed by atoms with van der Waals surface area (Å²) in [5.41, 5.74) is 2.10. The van der Waals surface area contributed by atoms with Crippen LogP contribution in [0.3, 0.4) is 0 Å². The Morgan fingerprint density at radius 1 is 1.04 bits per heavy atom. The van der Waals surface area contributed by atoms with Crippen LogP contribution in [0.2, 0.25) is 0 Å². The predicted octanol–water partition coefficient (Wildman–Crippen LogP) is 3.29. The van der Waals surface area contributed by atoms with Gasteiger partial charge in [0.15, 0.2) is 0 Å². The molecule has 0 bridgehead atoms. The van der Waals surface area contributed by atoms with Crippen LogP contribution in [0.25, 0.3) is 0 Å². The van der Waals surface area contributed by atoms with E-state index in [0.717, 1.165) is 31.5 Å². The van der Waals surface area contributed by atoms with Crippen LogP contribution in [0.15, 0.2) is 42.6 Å². The molecular formula is C20H23N3O2. The molecule has 5 nitrogen and oxygen atoms in total. The van der Waals surface area contributed by atoms with E-state index in [0.29, 0.717) is 16.9 Å². The van der Waals surface area contributed by atoms with E-state index in [1.165, 1.54) is 11.3 Å². The quantitative estimate of drug-likeness (QED) is 0.863. The molecule has 0 unspecified atom stereocenters. The van der Waals surface area contributed by atoms with Gasteiger partial charge in [-0.3, -0.25) is 14.5 Å². The molecule has 0 saturated carbocycles. The largest absolute Gasteiger partial charge is 0.339 e. The monoisotopic (exact) mass is 337 g/mol. The summed E-state index contributed by atoms with van der Waals surface area (Å²) >= 11 is 0. The molecule has 1 saturated heterocycles. The average molecular weight is 337 g/mol. The highest BCUT2D eigenvalue weighted by Gasteiger charge is 2.20. The molecule has 5 heteroatoms. The van der Waals surface area contributed by atoms with Crippen LogP contribution >= 0.6 is 0 Å². The van der Waals surface area contributed by atoms with Crippen molar-refractivity contribution in [3.05, 3.63) is 59.3 Å². The number of carbonyl (C=O) groups is 2. The highest BCUT2D eigenvalue weighted by Crippen LogP contribution is 2.17. The van der Waals surface area contributed by atoms with Crippen molar-refractivity contribution in [1.82, 2.24) is 9.88 Å². The van der Waals surface area contributed by atoms with Crippen LogP contribution in [-0.2, 0) is 0 Å². The van der Waals surface area contributed by atoms with E-state index >= 15 is 0 Å². The van der Waals surface area contributed by atoms with Gasteiger partial charge in [0.25, 0.3) is 11.8 Å². The lowest BCUT2D eigenvalue weighted by Crippen LogP contribution is -2.35. The molecule has 0 aliphatic carbocycles. The number of aromatic nitrogens is 1. The highest BCUT2D eigenvalue weighted by atomic mass is 16.2. The topological polar surface area (TPSA) is 53.5 Å². The molecular weight excluding hydrogens is 314 g/mol. The third-order valence-electron chi connectivity index (χ3n) is 4.54. The fourth-order valence-electron chi connectivity index (χ4n) is 3.02. The number of piperidine rings is 1. The number of aryl methyl sites for hydroxylation is 1. The standard InChI is InChI=1S/C20H23N3O2/c1-15-9-10-18(21-14-15)22(2)19(24)16-7-6-8-17(13-16)20(25)23-11-4-3-5-12-23/h6-10,13-14H,3-5,11-12H2,1-2H3. The van der Waals surface area contributed by atoms with Crippen molar-refractivity contribution in [2.75, 3.05) is 25.0 Å². The fraction of sp³-hybridized carbons (Fsp3) is 0.350. The zero-order valence-corrected chi connectivity index (χ0v) is 14.7. The van der Waals surface area contributed by atoms with E-state index in [2.05, 4.69) is 4.98 Å². The van der Waals surface area contributed by atoms with Crippen LogP contribution in [0.5, 0.6) is 0 Å². The van der Waals surface area contributed by atoms with Gasteiger partial charge >= 0.3 is 0 Å². The number of likely N-dealkylation sites (tertiary alicyclic amines) is 1. The first-order valence-corrected chi connectivity index (χ1v) is 8.66. The summed E-state index contributed by atoms with van der Waals surface area (Å²) in [6.45, 7) is 3.54. The molecule has 1 fully saturated rings. The number of anilines is 1. The van der Waals surface area contributed by atoms with E-state index < -0.39 is 0 Å². The molecule has 25 heavy (non-hydrogen) atoms. The van der Waals surface area contributed by atoms with Gasteiger partial charge in [0, 0.05) is 37.5 Å². The average Bonchev–Trinajstić information content (AvgIpc) is 2.67. The minimum Gasteiger partial charge on any atom is -0.339 e. The molecule has 1 aromatic carbocycles. The molecule has 0 N–H and O–H groups in total. The van der Waals surface area contributed by atoms with E-state index in [9.17, 15) is 9.59 Å². The lowest BCUT2D eigenvalue weighted by molar-refractivity contribution is 0.0724. The summed E-state index contributed by atoms with van der Waals surface area (Å²) in [5, 5.41) is 0. The number of nitrogens with zero attached hydrogens (tertiary/aromatic N) is 3. The Morgan fingerprint density at radius 3 is 2.44 bits per heavy atom. The lowest BCUT2D eigenvalue weighted by Gasteiger charge is -2.27. The van der Waals surface area contributed by atoms with Gasteiger partial charge in [0.05, 0.1) is 0 Å². The maximum atomic E-state index is 12.7. The number of amides is 2. The van der Waals surface area contributed by atoms with Gasteiger partial charge in [-0.1, -0.05) is 12.1 Å². The second kappa shape index (κ2) is 7.47. The third-order valence-corrected chi connectivity index (χ3v) is 4.54. The van der Waals surface area contributed by atoms with Gasteiger partial charge in [-0.2, -0.15) is 0 Å². The van der Waals surface area contributed by atoms with E-state index in [4.69, 9.17) is 0 Å². The summed E-state index contributed by atoms with van der Waals surface area (Å²) in [6.07, 6.45) is 5.00. The van der Waals surface area contributed by atoms with Gasteiger partial charge in [-0.25, -0.2) is 4.98 Å². The number of hydrogen-bond acceptors (Lipinski definition) is 3. The number of pyridine rings is 1. The van der Waals surface area contributed by atoms with Gasteiger partial charge in [0.1, 0.15) is 5.82 Å². The normalized spacial score (nSPS) is 14.2. The molecule has 1 aromatic heterocycles. The molecule has 2 amide bonds. The first kappa shape index (κ1) is 17.1. The van der Waals surface area contributed by atoms with Crippen LogP contribution in [-0.4, -0.2) is 41.8 Å². The minimum absolute atomic E-state index is 0.00506. The highest BCUT2D eigenvalue weighted by molar-refractivity contribution is 6.06. The minimum atomic E-state index is -0.176. The molecule has 1 aliphatic rings. The van der Waals surface area contributed by atoms with Crippen molar-refractivity contribution in [3.63, 3.8) is 0 Å². The van der Waals surface area contributed by atoms with E-state index in [1.807, 2.05) is 24.0 Å². The number of benzene rings is 1. The Morgan fingerprint density at radius 2 is 1.76 bits per heavy atom. The fourth-order valence-corrected chi connectivity index (χ4v) is 3.02. The SMILES string of the molecule is Cc1ccc(N(C)C(=O)c2cccc(C(=O)N3CCCCC3)c2)nc1. The van der Waals surface area contributed by atoms with Crippen molar-refractivity contribution >= 4 is 17.6 Å². The van der Waals surface area contributed by atoms with Crippen molar-refractivity contribution < 1.29 is 9.59 Å². The molecule has 2 heterocycles. The number of hydrogen-bond donors (Lipinski definition) is 0. The molecule has 0 spiro atoms. The molecule has 1 aliphatic heterocycles.